The number of nitrogens with zero attached hydrogens (tertiary/aromatic N) is 1. The van der Waals surface area contributed by atoms with Crippen molar-refractivity contribution in [2.75, 3.05) is 12.8 Å². The van der Waals surface area contributed by atoms with Gasteiger partial charge in [-0.05, 0) is 31.0 Å². The second-order valence-corrected chi connectivity index (χ2v) is 7.88. The van der Waals surface area contributed by atoms with Gasteiger partial charge < -0.3 is 5.73 Å². The molecule has 0 unspecified atom stereocenters. The van der Waals surface area contributed by atoms with Crippen LogP contribution >= 0.6 is 15.9 Å². The molecular formula is C13H19BrN2O2S. The summed E-state index contributed by atoms with van der Waals surface area (Å²) in [5, 5.41) is 0. The molecule has 2 N–H and O–H groups in total. The van der Waals surface area contributed by atoms with Crippen molar-refractivity contribution in [3.8, 4) is 0 Å². The largest absolute Gasteiger partial charge is 0.398 e. The van der Waals surface area contributed by atoms with E-state index in [-0.39, 0.29) is 10.9 Å². The number of hydrogen-bond donors (Lipinski definition) is 1. The van der Waals surface area contributed by atoms with Gasteiger partial charge in [0.1, 0.15) is 4.90 Å². The summed E-state index contributed by atoms with van der Waals surface area (Å²) in [7, 11) is -1.86. The minimum atomic E-state index is -3.51. The van der Waals surface area contributed by atoms with Gasteiger partial charge in [0.25, 0.3) is 0 Å². The van der Waals surface area contributed by atoms with E-state index in [1.165, 1.54) is 10.7 Å². The van der Waals surface area contributed by atoms with E-state index < -0.39 is 10.0 Å². The number of benzene rings is 1. The number of sulfonamides is 1. The molecule has 0 radical (unpaired) electrons. The molecule has 1 aliphatic rings. The fourth-order valence-corrected chi connectivity index (χ4v) is 4.60. The van der Waals surface area contributed by atoms with Gasteiger partial charge in [-0.25, -0.2) is 8.42 Å². The molecule has 0 spiro atoms. The number of rotatable bonds is 3. The van der Waals surface area contributed by atoms with Crippen molar-refractivity contribution in [1.29, 1.82) is 0 Å². The molecule has 0 heterocycles. The molecule has 1 fully saturated rings. The summed E-state index contributed by atoms with van der Waals surface area (Å²) in [6.45, 7) is 0. The molecule has 19 heavy (non-hydrogen) atoms. The Morgan fingerprint density at radius 3 is 2.53 bits per heavy atom. The van der Waals surface area contributed by atoms with Crippen LogP contribution in [0.15, 0.2) is 27.6 Å². The number of nitrogen functional groups attached to an aromatic ring is 1. The normalized spacial score (nSPS) is 17.8. The first-order chi connectivity index (χ1) is 8.93. The van der Waals surface area contributed by atoms with E-state index in [1.54, 1.807) is 25.2 Å². The third kappa shape index (κ3) is 3.12. The topological polar surface area (TPSA) is 63.4 Å². The molecule has 1 aromatic carbocycles. The van der Waals surface area contributed by atoms with Crippen LogP contribution < -0.4 is 5.73 Å². The van der Waals surface area contributed by atoms with Crippen LogP contribution in [0.3, 0.4) is 0 Å². The molecule has 2 rings (SSSR count). The van der Waals surface area contributed by atoms with Crippen LogP contribution in [0.5, 0.6) is 0 Å². The van der Waals surface area contributed by atoms with Crippen molar-refractivity contribution in [2.24, 2.45) is 0 Å². The van der Waals surface area contributed by atoms with Gasteiger partial charge in [0.2, 0.25) is 10.0 Å². The summed E-state index contributed by atoms with van der Waals surface area (Å²) in [6.07, 6.45) is 5.26. The highest BCUT2D eigenvalue weighted by molar-refractivity contribution is 9.10. The average molecular weight is 347 g/mol. The Bertz CT molecular complexity index is 554. The zero-order chi connectivity index (χ0) is 14.0. The molecule has 106 valence electrons. The Hall–Kier alpha value is -0.590. The van der Waals surface area contributed by atoms with Crippen molar-refractivity contribution in [3.05, 3.63) is 22.7 Å². The Morgan fingerprint density at radius 2 is 1.89 bits per heavy atom. The minimum absolute atomic E-state index is 0.0946. The van der Waals surface area contributed by atoms with Crippen molar-refractivity contribution < 1.29 is 8.42 Å². The van der Waals surface area contributed by atoms with E-state index in [9.17, 15) is 8.42 Å². The third-order valence-corrected chi connectivity index (χ3v) is 6.18. The first kappa shape index (κ1) is 14.8. The maximum Gasteiger partial charge on any atom is 0.245 e. The number of nitrogens with two attached hydrogens (primary N) is 1. The SMILES string of the molecule is CN(C1CCCCC1)S(=O)(=O)c1cc(Br)ccc1N. The van der Waals surface area contributed by atoms with Crippen LogP contribution in [0.4, 0.5) is 5.69 Å². The highest BCUT2D eigenvalue weighted by Gasteiger charge is 2.30. The lowest BCUT2D eigenvalue weighted by molar-refractivity contribution is 0.286. The highest BCUT2D eigenvalue weighted by Crippen LogP contribution is 2.30. The molecule has 0 aliphatic heterocycles. The molecule has 1 saturated carbocycles. The van der Waals surface area contributed by atoms with Gasteiger partial charge >= 0.3 is 0 Å². The average Bonchev–Trinajstić information content (AvgIpc) is 2.41. The van der Waals surface area contributed by atoms with Crippen LogP contribution in [0.2, 0.25) is 0 Å². The summed E-state index contributed by atoms with van der Waals surface area (Å²) in [4.78, 5) is 0.190. The Balaban J connectivity index is 2.33. The lowest BCUT2D eigenvalue weighted by Crippen LogP contribution is -2.38. The van der Waals surface area contributed by atoms with E-state index in [0.29, 0.717) is 5.69 Å². The monoisotopic (exact) mass is 346 g/mol. The van der Waals surface area contributed by atoms with Crippen molar-refractivity contribution >= 4 is 31.6 Å². The third-order valence-electron chi connectivity index (χ3n) is 3.72. The lowest BCUT2D eigenvalue weighted by Gasteiger charge is -2.30. The van der Waals surface area contributed by atoms with Crippen molar-refractivity contribution in [2.45, 2.75) is 43.0 Å². The van der Waals surface area contributed by atoms with Gasteiger partial charge in [-0.3, -0.25) is 0 Å². The van der Waals surface area contributed by atoms with Gasteiger partial charge in [0.15, 0.2) is 0 Å². The molecular weight excluding hydrogens is 328 g/mol. The van der Waals surface area contributed by atoms with E-state index in [0.717, 1.165) is 30.2 Å². The molecule has 0 atom stereocenters. The van der Waals surface area contributed by atoms with E-state index in [2.05, 4.69) is 15.9 Å². The van der Waals surface area contributed by atoms with Gasteiger partial charge in [-0.1, -0.05) is 35.2 Å². The molecule has 1 aliphatic carbocycles. The highest BCUT2D eigenvalue weighted by atomic mass is 79.9. The number of halogens is 1. The van der Waals surface area contributed by atoms with Gasteiger partial charge in [-0.2, -0.15) is 4.31 Å². The van der Waals surface area contributed by atoms with Gasteiger partial charge in [-0.15, -0.1) is 0 Å². The fraction of sp³-hybridized carbons (Fsp3) is 0.538. The van der Waals surface area contributed by atoms with Crippen molar-refractivity contribution in [1.82, 2.24) is 4.31 Å². The second-order valence-electron chi connectivity index (χ2n) is 5.00. The van der Waals surface area contributed by atoms with E-state index in [4.69, 9.17) is 5.73 Å². The maximum atomic E-state index is 12.6. The molecule has 0 saturated heterocycles. The number of anilines is 1. The van der Waals surface area contributed by atoms with Crippen LogP contribution in [-0.4, -0.2) is 25.8 Å². The Morgan fingerprint density at radius 1 is 1.26 bits per heavy atom. The molecule has 4 nitrogen and oxygen atoms in total. The summed E-state index contributed by atoms with van der Waals surface area (Å²) in [5.74, 6) is 0. The first-order valence-electron chi connectivity index (χ1n) is 6.46. The van der Waals surface area contributed by atoms with Crippen LogP contribution in [-0.2, 0) is 10.0 Å². The fourth-order valence-electron chi connectivity index (χ4n) is 2.53. The Kier molecular flexibility index (Phi) is 4.53. The lowest BCUT2D eigenvalue weighted by atomic mass is 9.96. The van der Waals surface area contributed by atoms with Gasteiger partial charge in [0.05, 0.1) is 5.69 Å². The zero-order valence-electron chi connectivity index (χ0n) is 11.0. The predicted octanol–water partition coefficient (Wildman–Crippen LogP) is 2.98. The van der Waals surface area contributed by atoms with Crippen LogP contribution in [0, 0.1) is 0 Å². The molecule has 1 aromatic rings. The smallest absolute Gasteiger partial charge is 0.245 e. The molecule has 6 heteroatoms. The van der Waals surface area contributed by atoms with Crippen LogP contribution in [0.25, 0.3) is 0 Å². The second kappa shape index (κ2) is 5.81. The molecule has 0 aromatic heterocycles. The standard InChI is InChI=1S/C13H19BrN2O2S/c1-16(11-5-3-2-4-6-11)19(17,18)13-9-10(14)7-8-12(13)15/h7-9,11H,2-6,15H2,1H3. The summed E-state index contributed by atoms with van der Waals surface area (Å²) >= 11 is 3.30. The van der Waals surface area contributed by atoms with E-state index >= 15 is 0 Å². The molecule has 0 amide bonds. The summed E-state index contributed by atoms with van der Waals surface area (Å²) in [6, 6.07) is 5.03. The maximum absolute atomic E-state index is 12.6. The predicted molar refractivity (Wildman–Crippen MR) is 80.4 cm³/mol. The zero-order valence-corrected chi connectivity index (χ0v) is 13.4. The molecule has 0 bridgehead atoms. The first-order valence-corrected chi connectivity index (χ1v) is 8.69. The summed E-state index contributed by atoms with van der Waals surface area (Å²) in [5.41, 5.74) is 6.11. The summed E-state index contributed by atoms with van der Waals surface area (Å²) < 4.78 is 27.5. The van der Waals surface area contributed by atoms with Gasteiger partial charge in [0, 0.05) is 17.6 Å². The van der Waals surface area contributed by atoms with Crippen molar-refractivity contribution in [3.63, 3.8) is 0 Å². The van der Waals surface area contributed by atoms with E-state index in [1.807, 2.05) is 0 Å². The quantitative estimate of drug-likeness (QED) is 0.855. The van der Waals surface area contributed by atoms with Crippen LogP contribution in [0.1, 0.15) is 32.1 Å². The number of hydrogen-bond acceptors (Lipinski definition) is 3. The minimum Gasteiger partial charge on any atom is -0.398 e. The Labute approximate surface area is 123 Å².